The van der Waals surface area contributed by atoms with Crippen LogP contribution in [0, 0.1) is 0 Å². The zero-order valence-electron chi connectivity index (χ0n) is 9.77. The summed E-state index contributed by atoms with van der Waals surface area (Å²) in [7, 11) is 3.28. The molecule has 0 unspecified atom stereocenters. The van der Waals surface area contributed by atoms with E-state index in [0.29, 0.717) is 5.13 Å². The Morgan fingerprint density at radius 3 is 2.29 bits per heavy atom. The van der Waals surface area contributed by atoms with E-state index in [1.54, 1.807) is 14.2 Å². The van der Waals surface area contributed by atoms with Crippen molar-refractivity contribution in [1.29, 1.82) is 0 Å². The molecule has 0 radical (unpaired) electrons. The van der Waals surface area contributed by atoms with Gasteiger partial charge in [-0.3, -0.25) is 0 Å². The van der Waals surface area contributed by atoms with Crippen LogP contribution in [0.5, 0.6) is 11.5 Å². The fourth-order valence-corrected chi connectivity index (χ4v) is 2.14. The summed E-state index contributed by atoms with van der Waals surface area (Å²) in [6.07, 6.45) is 0.723. The minimum atomic E-state index is 0.592. The lowest BCUT2D eigenvalue weighted by atomic mass is 10.1. The number of thiazole rings is 1. The van der Waals surface area contributed by atoms with Crippen LogP contribution in [-0.4, -0.2) is 19.2 Å². The van der Waals surface area contributed by atoms with Gasteiger partial charge in [-0.15, -0.1) is 11.3 Å². The molecule has 0 amide bonds. The molecular weight excluding hydrogens is 236 g/mol. The number of anilines is 1. The van der Waals surface area contributed by atoms with E-state index >= 15 is 0 Å². The zero-order chi connectivity index (χ0) is 12.3. The first kappa shape index (κ1) is 11.7. The second kappa shape index (κ2) is 5.05. The summed E-state index contributed by atoms with van der Waals surface area (Å²) in [5.74, 6) is 1.56. The number of nitrogens with zero attached hydrogens (tertiary/aromatic N) is 1. The highest BCUT2D eigenvalue weighted by atomic mass is 32.1. The van der Waals surface area contributed by atoms with Crippen molar-refractivity contribution in [3.8, 4) is 11.5 Å². The highest BCUT2D eigenvalue weighted by Gasteiger charge is 2.05. The average molecular weight is 250 g/mol. The Morgan fingerprint density at radius 2 is 1.82 bits per heavy atom. The molecule has 0 spiro atoms. The Morgan fingerprint density at radius 1 is 1.18 bits per heavy atom. The molecule has 17 heavy (non-hydrogen) atoms. The number of benzene rings is 1. The van der Waals surface area contributed by atoms with Crippen LogP contribution < -0.4 is 15.2 Å². The van der Waals surface area contributed by atoms with Gasteiger partial charge in [0.05, 0.1) is 19.9 Å². The zero-order valence-corrected chi connectivity index (χ0v) is 10.6. The number of hydrogen-bond acceptors (Lipinski definition) is 5. The molecule has 2 rings (SSSR count). The summed E-state index contributed by atoms with van der Waals surface area (Å²) in [4.78, 5) is 4.23. The van der Waals surface area contributed by atoms with Crippen molar-refractivity contribution in [3.63, 3.8) is 0 Å². The lowest BCUT2D eigenvalue weighted by molar-refractivity contribution is 0.393. The maximum atomic E-state index is 5.60. The molecule has 0 aliphatic carbocycles. The van der Waals surface area contributed by atoms with Crippen molar-refractivity contribution < 1.29 is 9.47 Å². The van der Waals surface area contributed by atoms with Gasteiger partial charge < -0.3 is 15.2 Å². The lowest BCUT2D eigenvalue weighted by Gasteiger charge is -2.07. The van der Waals surface area contributed by atoms with Crippen LogP contribution in [0.3, 0.4) is 0 Å². The number of aromatic nitrogens is 1. The summed E-state index contributed by atoms with van der Waals surface area (Å²) in [6, 6.07) is 5.79. The van der Waals surface area contributed by atoms with E-state index in [0.717, 1.165) is 29.2 Å². The Bertz CT molecular complexity index is 489. The summed E-state index contributed by atoms with van der Waals surface area (Å²) in [5, 5.41) is 2.55. The molecule has 1 aromatic carbocycles. The van der Waals surface area contributed by atoms with Gasteiger partial charge in [0.1, 0.15) is 11.5 Å². The molecule has 2 N–H and O–H groups in total. The van der Waals surface area contributed by atoms with Gasteiger partial charge in [0.2, 0.25) is 0 Å². The van der Waals surface area contributed by atoms with Gasteiger partial charge in [-0.25, -0.2) is 4.98 Å². The van der Waals surface area contributed by atoms with Crippen molar-refractivity contribution in [3.05, 3.63) is 34.8 Å². The van der Waals surface area contributed by atoms with Gasteiger partial charge in [-0.1, -0.05) is 0 Å². The molecule has 0 atom stereocenters. The summed E-state index contributed by atoms with van der Waals surface area (Å²) >= 11 is 1.45. The Hall–Kier alpha value is -1.75. The molecule has 0 fully saturated rings. The fourth-order valence-electron chi connectivity index (χ4n) is 1.58. The third-order valence-electron chi connectivity index (χ3n) is 2.37. The van der Waals surface area contributed by atoms with Crippen molar-refractivity contribution in [2.45, 2.75) is 6.42 Å². The standard InChI is InChI=1S/C12H14N2O2S/c1-15-10-4-8(5-11(6-10)16-2)3-9-7-17-12(13)14-9/h4-7H,3H2,1-2H3,(H2,13,14). The monoisotopic (exact) mass is 250 g/mol. The van der Waals surface area contributed by atoms with Gasteiger partial charge in [0.15, 0.2) is 5.13 Å². The normalized spacial score (nSPS) is 10.2. The van der Waals surface area contributed by atoms with Crippen LogP contribution in [-0.2, 0) is 6.42 Å². The van der Waals surface area contributed by atoms with Crippen molar-refractivity contribution >= 4 is 16.5 Å². The van der Waals surface area contributed by atoms with Crippen molar-refractivity contribution in [2.24, 2.45) is 0 Å². The quantitative estimate of drug-likeness (QED) is 0.904. The second-order valence-electron chi connectivity index (χ2n) is 3.57. The largest absolute Gasteiger partial charge is 0.497 e. The number of hydrogen-bond donors (Lipinski definition) is 1. The van der Waals surface area contributed by atoms with Gasteiger partial charge in [0.25, 0.3) is 0 Å². The summed E-state index contributed by atoms with van der Waals surface area (Å²) < 4.78 is 10.4. The van der Waals surface area contributed by atoms with Crippen LogP contribution in [0.25, 0.3) is 0 Å². The van der Waals surface area contributed by atoms with E-state index in [-0.39, 0.29) is 0 Å². The first-order valence-electron chi connectivity index (χ1n) is 5.13. The van der Waals surface area contributed by atoms with Crippen LogP contribution in [0.1, 0.15) is 11.3 Å². The Balaban J connectivity index is 2.25. The minimum Gasteiger partial charge on any atom is -0.497 e. The van der Waals surface area contributed by atoms with Crippen LogP contribution in [0.2, 0.25) is 0 Å². The summed E-state index contributed by atoms with van der Waals surface area (Å²) in [5.41, 5.74) is 7.65. The molecular formula is C12H14N2O2S. The molecule has 4 nitrogen and oxygen atoms in total. The first-order valence-corrected chi connectivity index (χ1v) is 6.01. The molecule has 0 saturated heterocycles. The number of nitrogens with two attached hydrogens (primary N) is 1. The Kier molecular flexibility index (Phi) is 3.49. The smallest absolute Gasteiger partial charge is 0.180 e. The number of ether oxygens (including phenoxy) is 2. The highest BCUT2D eigenvalue weighted by molar-refractivity contribution is 7.13. The van der Waals surface area contributed by atoms with Gasteiger partial charge in [0, 0.05) is 17.9 Å². The maximum absolute atomic E-state index is 5.60. The molecule has 0 aliphatic heterocycles. The molecule has 2 aromatic rings. The van der Waals surface area contributed by atoms with Gasteiger partial charge in [-0.05, 0) is 17.7 Å². The predicted molar refractivity (Wildman–Crippen MR) is 68.9 cm³/mol. The number of rotatable bonds is 4. The molecule has 0 saturated carbocycles. The molecule has 0 aliphatic rings. The lowest BCUT2D eigenvalue weighted by Crippen LogP contribution is -1.93. The van der Waals surface area contributed by atoms with Gasteiger partial charge >= 0.3 is 0 Å². The Labute approximate surface area is 104 Å². The number of nitrogen functional groups attached to an aromatic ring is 1. The van der Waals surface area contributed by atoms with Crippen molar-refractivity contribution in [1.82, 2.24) is 4.98 Å². The average Bonchev–Trinajstić information content (AvgIpc) is 2.74. The maximum Gasteiger partial charge on any atom is 0.180 e. The fraction of sp³-hybridized carbons (Fsp3) is 0.250. The van der Waals surface area contributed by atoms with E-state index in [1.165, 1.54) is 11.3 Å². The van der Waals surface area contributed by atoms with Gasteiger partial charge in [-0.2, -0.15) is 0 Å². The molecule has 1 heterocycles. The van der Waals surface area contributed by atoms with Crippen LogP contribution >= 0.6 is 11.3 Å². The molecule has 5 heteroatoms. The topological polar surface area (TPSA) is 57.4 Å². The van der Waals surface area contributed by atoms with E-state index in [9.17, 15) is 0 Å². The molecule has 1 aromatic heterocycles. The number of methoxy groups -OCH3 is 2. The summed E-state index contributed by atoms with van der Waals surface area (Å²) in [6.45, 7) is 0. The molecule has 0 bridgehead atoms. The predicted octanol–water partition coefficient (Wildman–Crippen LogP) is 2.33. The van der Waals surface area contributed by atoms with Crippen LogP contribution in [0.4, 0.5) is 5.13 Å². The molecule has 90 valence electrons. The minimum absolute atomic E-state index is 0.592. The SMILES string of the molecule is COc1cc(Cc2csc(N)n2)cc(OC)c1. The van der Waals surface area contributed by atoms with E-state index < -0.39 is 0 Å². The third kappa shape index (κ3) is 2.88. The highest BCUT2D eigenvalue weighted by Crippen LogP contribution is 2.24. The van der Waals surface area contributed by atoms with Crippen LogP contribution in [0.15, 0.2) is 23.6 Å². The van der Waals surface area contributed by atoms with E-state index in [1.807, 2.05) is 23.6 Å². The third-order valence-corrected chi connectivity index (χ3v) is 3.09. The van der Waals surface area contributed by atoms with E-state index in [2.05, 4.69) is 4.98 Å². The second-order valence-corrected chi connectivity index (χ2v) is 4.46. The first-order chi connectivity index (χ1) is 8.21. The van der Waals surface area contributed by atoms with E-state index in [4.69, 9.17) is 15.2 Å². The van der Waals surface area contributed by atoms with Crippen molar-refractivity contribution in [2.75, 3.05) is 20.0 Å².